The van der Waals surface area contributed by atoms with Gasteiger partial charge in [0, 0.05) is 25.0 Å². The molecule has 0 aromatic carbocycles. The molecule has 2 heteroatoms. The second kappa shape index (κ2) is 5.20. The van der Waals surface area contributed by atoms with E-state index in [0.29, 0.717) is 6.04 Å². The molecule has 0 aliphatic rings. The maximum Gasteiger partial charge on any atom is 0.0274 e. The van der Waals surface area contributed by atoms with Crippen molar-refractivity contribution in [1.82, 2.24) is 9.88 Å². The van der Waals surface area contributed by atoms with Crippen LogP contribution in [0.25, 0.3) is 0 Å². The molecule has 1 N–H and O–H groups in total. The summed E-state index contributed by atoms with van der Waals surface area (Å²) in [5.74, 6) is 0.724. The molecule has 0 spiro atoms. The Morgan fingerprint density at radius 1 is 1.29 bits per heavy atom. The first kappa shape index (κ1) is 11.3. The highest BCUT2D eigenvalue weighted by Crippen LogP contribution is 2.08. The lowest BCUT2D eigenvalue weighted by Crippen LogP contribution is -2.18. The average molecular weight is 194 g/mol. The van der Waals surface area contributed by atoms with E-state index in [9.17, 15) is 0 Å². The third-order valence-electron chi connectivity index (χ3n) is 2.25. The van der Waals surface area contributed by atoms with Gasteiger partial charge in [0.05, 0.1) is 0 Å². The molecule has 0 aliphatic carbocycles. The van der Waals surface area contributed by atoms with E-state index in [1.54, 1.807) is 0 Å². The molecule has 1 aromatic heterocycles. The molecule has 0 radical (unpaired) electrons. The first-order valence-electron chi connectivity index (χ1n) is 5.46. The van der Waals surface area contributed by atoms with Gasteiger partial charge < -0.3 is 9.88 Å². The molecular weight excluding hydrogens is 172 g/mol. The standard InChI is InChI=1S/C12H22N2/c1-10(2)7-13-8-12-5-6-14(9-12)11(3)4/h5-6,9-11,13H,7-8H2,1-4H3. The van der Waals surface area contributed by atoms with E-state index in [1.165, 1.54) is 5.56 Å². The molecule has 2 nitrogen and oxygen atoms in total. The average Bonchev–Trinajstić information content (AvgIpc) is 2.52. The second-order valence-corrected chi connectivity index (χ2v) is 4.59. The third-order valence-corrected chi connectivity index (χ3v) is 2.25. The molecule has 1 rings (SSSR count). The van der Waals surface area contributed by atoms with E-state index in [1.807, 2.05) is 0 Å². The molecule has 0 unspecified atom stereocenters. The van der Waals surface area contributed by atoms with Gasteiger partial charge in [-0.05, 0) is 37.9 Å². The molecule has 0 amide bonds. The summed E-state index contributed by atoms with van der Waals surface area (Å²) in [6, 6.07) is 2.75. The summed E-state index contributed by atoms with van der Waals surface area (Å²) in [4.78, 5) is 0. The van der Waals surface area contributed by atoms with Gasteiger partial charge in [0.2, 0.25) is 0 Å². The molecule has 14 heavy (non-hydrogen) atoms. The molecule has 0 atom stereocenters. The molecular formula is C12H22N2. The van der Waals surface area contributed by atoms with Gasteiger partial charge in [0.1, 0.15) is 0 Å². The van der Waals surface area contributed by atoms with Crippen LogP contribution in [0.1, 0.15) is 39.3 Å². The van der Waals surface area contributed by atoms with Crippen molar-refractivity contribution in [2.75, 3.05) is 6.54 Å². The number of nitrogens with zero attached hydrogens (tertiary/aromatic N) is 1. The Kier molecular flexibility index (Phi) is 4.21. The van der Waals surface area contributed by atoms with E-state index < -0.39 is 0 Å². The van der Waals surface area contributed by atoms with Crippen molar-refractivity contribution in [2.24, 2.45) is 5.92 Å². The van der Waals surface area contributed by atoms with Gasteiger partial charge in [-0.15, -0.1) is 0 Å². The van der Waals surface area contributed by atoms with Gasteiger partial charge in [-0.2, -0.15) is 0 Å². The highest BCUT2D eigenvalue weighted by molar-refractivity contribution is 5.10. The first-order chi connectivity index (χ1) is 6.59. The van der Waals surface area contributed by atoms with Crippen LogP contribution in [-0.4, -0.2) is 11.1 Å². The van der Waals surface area contributed by atoms with Crippen molar-refractivity contribution in [2.45, 2.75) is 40.3 Å². The lowest BCUT2D eigenvalue weighted by Gasteiger charge is -2.07. The monoisotopic (exact) mass is 194 g/mol. The Morgan fingerprint density at radius 3 is 2.50 bits per heavy atom. The van der Waals surface area contributed by atoms with Crippen LogP contribution in [0.3, 0.4) is 0 Å². The number of hydrogen-bond donors (Lipinski definition) is 1. The highest BCUT2D eigenvalue weighted by atomic mass is 15.0. The number of nitrogens with one attached hydrogen (secondary N) is 1. The summed E-state index contributed by atoms with van der Waals surface area (Å²) in [5.41, 5.74) is 1.37. The summed E-state index contributed by atoms with van der Waals surface area (Å²) < 4.78 is 2.24. The van der Waals surface area contributed by atoms with Crippen LogP contribution in [0.4, 0.5) is 0 Å². The van der Waals surface area contributed by atoms with Gasteiger partial charge in [0.15, 0.2) is 0 Å². The molecule has 1 aromatic rings. The Bertz CT molecular complexity index is 261. The van der Waals surface area contributed by atoms with Crippen molar-refractivity contribution in [1.29, 1.82) is 0 Å². The third kappa shape index (κ3) is 3.54. The van der Waals surface area contributed by atoms with Gasteiger partial charge in [-0.3, -0.25) is 0 Å². The van der Waals surface area contributed by atoms with Gasteiger partial charge in [-0.1, -0.05) is 13.8 Å². The molecule has 0 fully saturated rings. The van der Waals surface area contributed by atoms with Crippen molar-refractivity contribution in [3.8, 4) is 0 Å². The Hall–Kier alpha value is -0.760. The van der Waals surface area contributed by atoms with Crippen LogP contribution in [0.2, 0.25) is 0 Å². The lowest BCUT2D eigenvalue weighted by atomic mass is 10.2. The predicted molar refractivity (Wildman–Crippen MR) is 61.4 cm³/mol. The number of aromatic nitrogens is 1. The van der Waals surface area contributed by atoms with Crippen molar-refractivity contribution >= 4 is 0 Å². The molecule has 0 saturated carbocycles. The smallest absolute Gasteiger partial charge is 0.0274 e. The van der Waals surface area contributed by atoms with E-state index in [2.05, 4.69) is 56.0 Å². The lowest BCUT2D eigenvalue weighted by molar-refractivity contribution is 0.550. The minimum absolute atomic E-state index is 0.564. The molecule has 80 valence electrons. The fourth-order valence-electron chi connectivity index (χ4n) is 1.39. The topological polar surface area (TPSA) is 17.0 Å². The van der Waals surface area contributed by atoms with Gasteiger partial charge in [-0.25, -0.2) is 0 Å². The number of rotatable bonds is 5. The van der Waals surface area contributed by atoms with E-state index in [-0.39, 0.29) is 0 Å². The summed E-state index contributed by atoms with van der Waals surface area (Å²) >= 11 is 0. The normalized spacial score (nSPS) is 11.6. The van der Waals surface area contributed by atoms with Crippen molar-refractivity contribution in [3.63, 3.8) is 0 Å². The highest BCUT2D eigenvalue weighted by Gasteiger charge is 1.99. The first-order valence-corrected chi connectivity index (χ1v) is 5.46. The van der Waals surface area contributed by atoms with Gasteiger partial charge in [0.25, 0.3) is 0 Å². The van der Waals surface area contributed by atoms with Crippen molar-refractivity contribution < 1.29 is 0 Å². The number of hydrogen-bond acceptors (Lipinski definition) is 1. The van der Waals surface area contributed by atoms with E-state index >= 15 is 0 Å². The predicted octanol–water partition coefficient (Wildman–Crippen LogP) is 2.81. The fraction of sp³-hybridized carbons (Fsp3) is 0.667. The van der Waals surface area contributed by atoms with E-state index in [4.69, 9.17) is 0 Å². The quantitative estimate of drug-likeness (QED) is 0.762. The largest absolute Gasteiger partial charge is 0.351 e. The SMILES string of the molecule is CC(C)CNCc1ccn(C(C)C)c1. The second-order valence-electron chi connectivity index (χ2n) is 4.59. The van der Waals surface area contributed by atoms with Crippen molar-refractivity contribution in [3.05, 3.63) is 24.0 Å². The summed E-state index contributed by atoms with van der Waals surface area (Å²) in [5, 5.41) is 3.44. The summed E-state index contributed by atoms with van der Waals surface area (Å²) in [6.45, 7) is 10.9. The zero-order valence-electron chi connectivity index (χ0n) is 9.75. The summed E-state index contributed by atoms with van der Waals surface area (Å²) in [7, 11) is 0. The maximum absolute atomic E-state index is 3.44. The minimum atomic E-state index is 0.564. The molecule has 0 saturated heterocycles. The Morgan fingerprint density at radius 2 is 2.00 bits per heavy atom. The Balaban J connectivity index is 2.36. The maximum atomic E-state index is 3.44. The zero-order valence-corrected chi connectivity index (χ0v) is 9.75. The summed E-state index contributed by atoms with van der Waals surface area (Å²) in [6.07, 6.45) is 4.37. The minimum Gasteiger partial charge on any atom is -0.351 e. The fourth-order valence-corrected chi connectivity index (χ4v) is 1.39. The van der Waals surface area contributed by atoms with Crippen LogP contribution in [0.15, 0.2) is 18.5 Å². The van der Waals surface area contributed by atoms with Crippen LogP contribution >= 0.6 is 0 Å². The molecule has 1 heterocycles. The molecule has 0 bridgehead atoms. The Labute approximate surface area is 87.3 Å². The van der Waals surface area contributed by atoms with Crippen LogP contribution in [0, 0.1) is 5.92 Å². The van der Waals surface area contributed by atoms with Crippen LogP contribution in [0.5, 0.6) is 0 Å². The van der Waals surface area contributed by atoms with Crippen LogP contribution < -0.4 is 5.32 Å². The van der Waals surface area contributed by atoms with Crippen LogP contribution in [-0.2, 0) is 6.54 Å². The van der Waals surface area contributed by atoms with Gasteiger partial charge >= 0.3 is 0 Å². The van der Waals surface area contributed by atoms with E-state index in [0.717, 1.165) is 19.0 Å². The zero-order chi connectivity index (χ0) is 10.6. The molecule has 0 aliphatic heterocycles.